The highest BCUT2D eigenvalue weighted by Crippen LogP contribution is 2.14. The first kappa shape index (κ1) is 12.8. The van der Waals surface area contributed by atoms with Crippen molar-refractivity contribution in [1.82, 2.24) is 25.0 Å². The van der Waals surface area contributed by atoms with Gasteiger partial charge in [-0.15, -0.1) is 5.10 Å². The summed E-state index contributed by atoms with van der Waals surface area (Å²) in [5.74, 6) is 0.739. The van der Waals surface area contributed by atoms with Crippen LogP contribution in [0, 0.1) is 5.92 Å². The van der Waals surface area contributed by atoms with Gasteiger partial charge in [-0.05, 0) is 38.9 Å². The lowest BCUT2D eigenvalue weighted by atomic mass is 9.97. The van der Waals surface area contributed by atoms with Gasteiger partial charge < -0.3 is 16.0 Å². The number of nitrogens with zero attached hydrogens (tertiary/aromatic N) is 4. The molecule has 1 saturated heterocycles. The van der Waals surface area contributed by atoms with E-state index in [1.807, 2.05) is 0 Å². The third-order valence-corrected chi connectivity index (χ3v) is 3.29. The standard InChI is InChI=1S/C11H20N6O/c1-16-4-2-9(3-5-16)6-13-10(18)7-17-8-14-11(12)15-17/h8-9H,2-7H2,1H3,(H2,12,15)(H,13,18). The van der Waals surface area contributed by atoms with Crippen LogP contribution in [0.3, 0.4) is 0 Å². The summed E-state index contributed by atoms with van der Waals surface area (Å²) in [7, 11) is 2.13. The number of hydrogen-bond donors (Lipinski definition) is 2. The second-order valence-corrected chi connectivity index (χ2v) is 4.85. The molecule has 0 atom stereocenters. The van der Waals surface area contributed by atoms with Crippen molar-refractivity contribution in [2.45, 2.75) is 19.4 Å². The summed E-state index contributed by atoms with van der Waals surface area (Å²) in [4.78, 5) is 17.8. The maximum Gasteiger partial charge on any atom is 0.241 e. The molecule has 3 N–H and O–H groups in total. The zero-order valence-electron chi connectivity index (χ0n) is 10.7. The van der Waals surface area contributed by atoms with Gasteiger partial charge in [0.2, 0.25) is 11.9 Å². The van der Waals surface area contributed by atoms with Gasteiger partial charge in [0, 0.05) is 6.54 Å². The van der Waals surface area contributed by atoms with Crippen LogP contribution in [-0.2, 0) is 11.3 Å². The van der Waals surface area contributed by atoms with Crippen LogP contribution in [0.1, 0.15) is 12.8 Å². The molecule has 7 heteroatoms. The second-order valence-electron chi connectivity index (χ2n) is 4.85. The van der Waals surface area contributed by atoms with Crippen LogP contribution in [0.4, 0.5) is 5.95 Å². The van der Waals surface area contributed by atoms with Crippen molar-refractivity contribution in [3.05, 3.63) is 6.33 Å². The van der Waals surface area contributed by atoms with Crippen molar-refractivity contribution >= 4 is 11.9 Å². The zero-order chi connectivity index (χ0) is 13.0. The number of carbonyl (C=O) groups is 1. The molecule has 2 rings (SSSR count). The predicted molar refractivity (Wildman–Crippen MR) is 67.7 cm³/mol. The Balaban J connectivity index is 1.68. The van der Waals surface area contributed by atoms with Gasteiger partial charge in [-0.3, -0.25) is 4.79 Å². The molecule has 7 nitrogen and oxygen atoms in total. The van der Waals surface area contributed by atoms with E-state index in [4.69, 9.17) is 5.73 Å². The normalized spacial score (nSPS) is 17.8. The fourth-order valence-electron chi connectivity index (χ4n) is 2.11. The summed E-state index contributed by atoms with van der Waals surface area (Å²) in [6.45, 7) is 3.15. The van der Waals surface area contributed by atoms with E-state index in [1.54, 1.807) is 0 Å². The molecule has 1 fully saturated rings. The number of hydrogen-bond acceptors (Lipinski definition) is 5. The third kappa shape index (κ3) is 3.69. The molecule has 100 valence electrons. The van der Waals surface area contributed by atoms with Crippen LogP contribution in [0.25, 0.3) is 0 Å². The summed E-state index contributed by atoms with van der Waals surface area (Å²) >= 11 is 0. The maximum absolute atomic E-state index is 11.7. The van der Waals surface area contributed by atoms with Gasteiger partial charge in [-0.1, -0.05) is 0 Å². The van der Waals surface area contributed by atoms with E-state index < -0.39 is 0 Å². The van der Waals surface area contributed by atoms with E-state index >= 15 is 0 Å². The molecule has 0 bridgehead atoms. The molecule has 1 aliphatic rings. The average Bonchev–Trinajstić information content (AvgIpc) is 2.74. The number of aromatic nitrogens is 3. The summed E-state index contributed by atoms with van der Waals surface area (Å²) in [6.07, 6.45) is 3.75. The lowest BCUT2D eigenvalue weighted by molar-refractivity contribution is -0.122. The summed E-state index contributed by atoms with van der Waals surface area (Å²) in [5, 5.41) is 6.81. The highest BCUT2D eigenvalue weighted by molar-refractivity contribution is 5.75. The van der Waals surface area contributed by atoms with E-state index in [9.17, 15) is 4.79 Å². The van der Waals surface area contributed by atoms with Gasteiger partial charge in [0.25, 0.3) is 0 Å². The molecule has 18 heavy (non-hydrogen) atoms. The Kier molecular flexibility index (Phi) is 4.14. The van der Waals surface area contributed by atoms with E-state index in [0.717, 1.165) is 32.5 Å². The van der Waals surface area contributed by atoms with Crippen molar-refractivity contribution in [2.24, 2.45) is 5.92 Å². The Labute approximate surface area is 106 Å². The Morgan fingerprint density at radius 2 is 2.28 bits per heavy atom. The lowest BCUT2D eigenvalue weighted by Crippen LogP contribution is -2.37. The predicted octanol–water partition coefficient (Wildman–Crippen LogP) is -0.682. The van der Waals surface area contributed by atoms with Gasteiger partial charge in [-0.25, -0.2) is 9.67 Å². The first-order valence-corrected chi connectivity index (χ1v) is 6.23. The SMILES string of the molecule is CN1CCC(CNC(=O)Cn2cnc(N)n2)CC1. The number of nitrogens with one attached hydrogen (secondary N) is 1. The molecule has 2 heterocycles. The molecular weight excluding hydrogens is 232 g/mol. The van der Waals surface area contributed by atoms with E-state index in [0.29, 0.717) is 5.92 Å². The molecule has 1 aromatic heterocycles. The highest BCUT2D eigenvalue weighted by Gasteiger charge is 2.17. The topological polar surface area (TPSA) is 89.1 Å². The molecule has 1 amide bonds. The molecule has 0 aromatic carbocycles. The van der Waals surface area contributed by atoms with E-state index in [1.165, 1.54) is 11.0 Å². The van der Waals surface area contributed by atoms with Gasteiger partial charge in [0.05, 0.1) is 0 Å². The Hall–Kier alpha value is -1.63. The van der Waals surface area contributed by atoms with Crippen LogP contribution >= 0.6 is 0 Å². The largest absolute Gasteiger partial charge is 0.367 e. The van der Waals surface area contributed by atoms with Crippen molar-refractivity contribution in [2.75, 3.05) is 32.4 Å². The van der Waals surface area contributed by atoms with Crippen LogP contribution in [0.15, 0.2) is 6.33 Å². The fraction of sp³-hybridized carbons (Fsp3) is 0.727. The lowest BCUT2D eigenvalue weighted by Gasteiger charge is -2.28. The summed E-state index contributed by atoms with van der Waals surface area (Å²) in [5.41, 5.74) is 5.38. The van der Waals surface area contributed by atoms with Gasteiger partial charge >= 0.3 is 0 Å². The molecular formula is C11H20N6O. The minimum Gasteiger partial charge on any atom is -0.367 e. The Morgan fingerprint density at radius 1 is 1.56 bits per heavy atom. The van der Waals surface area contributed by atoms with Crippen LogP contribution in [0.2, 0.25) is 0 Å². The van der Waals surface area contributed by atoms with E-state index in [2.05, 4.69) is 27.3 Å². The monoisotopic (exact) mass is 252 g/mol. The van der Waals surface area contributed by atoms with Crippen molar-refractivity contribution in [1.29, 1.82) is 0 Å². The molecule has 1 aromatic rings. The van der Waals surface area contributed by atoms with Crippen LogP contribution in [0.5, 0.6) is 0 Å². The molecule has 0 spiro atoms. The quantitative estimate of drug-likeness (QED) is 0.741. The first-order valence-electron chi connectivity index (χ1n) is 6.23. The van der Waals surface area contributed by atoms with Crippen LogP contribution in [-0.4, -0.2) is 52.3 Å². The summed E-state index contributed by atoms with van der Waals surface area (Å²) in [6, 6.07) is 0. The minimum absolute atomic E-state index is 0.0428. The molecule has 0 aliphatic carbocycles. The minimum atomic E-state index is -0.0428. The third-order valence-electron chi connectivity index (χ3n) is 3.29. The second kappa shape index (κ2) is 5.81. The average molecular weight is 252 g/mol. The number of amides is 1. The fourth-order valence-corrected chi connectivity index (χ4v) is 2.11. The number of carbonyl (C=O) groups excluding carboxylic acids is 1. The Bertz CT molecular complexity index is 396. The highest BCUT2D eigenvalue weighted by atomic mass is 16.2. The molecule has 0 unspecified atom stereocenters. The number of anilines is 1. The zero-order valence-corrected chi connectivity index (χ0v) is 10.7. The maximum atomic E-state index is 11.7. The van der Waals surface area contributed by atoms with Crippen LogP contribution < -0.4 is 11.1 Å². The summed E-state index contributed by atoms with van der Waals surface area (Å²) < 4.78 is 1.44. The van der Waals surface area contributed by atoms with E-state index in [-0.39, 0.29) is 18.4 Å². The Morgan fingerprint density at radius 3 is 2.89 bits per heavy atom. The number of likely N-dealkylation sites (tertiary alicyclic amines) is 1. The molecule has 0 saturated carbocycles. The first-order chi connectivity index (χ1) is 8.63. The van der Waals surface area contributed by atoms with Gasteiger partial charge in [-0.2, -0.15) is 0 Å². The van der Waals surface area contributed by atoms with Gasteiger partial charge in [0.15, 0.2) is 0 Å². The number of rotatable bonds is 4. The van der Waals surface area contributed by atoms with Crippen molar-refractivity contribution < 1.29 is 4.79 Å². The number of nitrogens with two attached hydrogens (primary N) is 1. The smallest absolute Gasteiger partial charge is 0.241 e. The van der Waals surface area contributed by atoms with Crippen molar-refractivity contribution in [3.63, 3.8) is 0 Å². The number of piperidine rings is 1. The molecule has 0 radical (unpaired) electrons. The van der Waals surface area contributed by atoms with Gasteiger partial charge in [0.1, 0.15) is 12.9 Å². The number of nitrogen functional groups attached to an aromatic ring is 1. The molecule has 1 aliphatic heterocycles. The van der Waals surface area contributed by atoms with Crippen molar-refractivity contribution in [3.8, 4) is 0 Å².